The fourth-order valence-electron chi connectivity index (χ4n) is 2.61. The number of piperazine rings is 1. The number of nitrogens with zero attached hydrogens (tertiary/aromatic N) is 3. The highest BCUT2D eigenvalue weighted by Crippen LogP contribution is 2.31. The molecule has 0 aliphatic carbocycles. The Morgan fingerprint density at radius 3 is 3.05 bits per heavy atom. The van der Waals surface area contributed by atoms with Crippen molar-refractivity contribution in [3.63, 3.8) is 0 Å². The van der Waals surface area contributed by atoms with Crippen molar-refractivity contribution >= 4 is 22.5 Å². The molecule has 1 saturated heterocycles. The lowest BCUT2D eigenvalue weighted by atomic mass is 10.1. The van der Waals surface area contributed by atoms with Crippen molar-refractivity contribution in [3.05, 3.63) is 36.0 Å². The number of nitrogens with one attached hydrogen (secondary N) is 1. The maximum Gasteiger partial charge on any atom is 0.242 e. The van der Waals surface area contributed by atoms with Crippen molar-refractivity contribution in [2.24, 2.45) is 0 Å². The maximum atomic E-state index is 11.9. The zero-order chi connectivity index (χ0) is 14.1. The van der Waals surface area contributed by atoms with Crippen LogP contribution in [-0.4, -0.2) is 30.0 Å². The number of nitriles is 1. The van der Waals surface area contributed by atoms with Crippen LogP contribution in [0.1, 0.15) is 12.5 Å². The topological polar surface area (TPSA) is 69.0 Å². The molecule has 1 atom stereocenters. The molecule has 0 spiro atoms. The van der Waals surface area contributed by atoms with Crippen LogP contribution in [0.3, 0.4) is 0 Å². The molecule has 100 valence electrons. The van der Waals surface area contributed by atoms with Gasteiger partial charge in [0.2, 0.25) is 5.91 Å². The lowest BCUT2D eigenvalue weighted by molar-refractivity contribution is -0.122. The lowest BCUT2D eigenvalue weighted by Crippen LogP contribution is -2.54. The van der Waals surface area contributed by atoms with E-state index in [0.29, 0.717) is 18.7 Å². The van der Waals surface area contributed by atoms with Crippen LogP contribution in [0.4, 0.5) is 5.69 Å². The molecule has 1 aromatic carbocycles. The number of aromatic nitrogens is 1. The van der Waals surface area contributed by atoms with Crippen LogP contribution in [-0.2, 0) is 4.79 Å². The van der Waals surface area contributed by atoms with Gasteiger partial charge in [0, 0.05) is 24.7 Å². The summed E-state index contributed by atoms with van der Waals surface area (Å²) >= 11 is 0. The highest BCUT2D eigenvalue weighted by atomic mass is 16.2. The standard InChI is InChI=1S/C15H14N4O/c1-10-15(20)17-6-7-19(10)14-11(8-16)9-18-13-5-3-2-4-12(13)14/h2-5,9-10H,6-7H2,1H3,(H,17,20). The van der Waals surface area contributed by atoms with Crippen LogP contribution in [0.25, 0.3) is 10.9 Å². The van der Waals surface area contributed by atoms with Gasteiger partial charge in [0.1, 0.15) is 12.1 Å². The van der Waals surface area contributed by atoms with Gasteiger partial charge in [0.25, 0.3) is 0 Å². The summed E-state index contributed by atoms with van der Waals surface area (Å²) in [6.07, 6.45) is 1.58. The van der Waals surface area contributed by atoms with Crippen LogP contribution in [0.5, 0.6) is 0 Å². The van der Waals surface area contributed by atoms with E-state index in [0.717, 1.165) is 16.6 Å². The van der Waals surface area contributed by atoms with Gasteiger partial charge >= 0.3 is 0 Å². The van der Waals surface area contributed by atoms with Gasteiger partial charge in [-0.1, -0.05) is 18.2 Å². The van der Waals surface area contributed by atoms with Crippen LogP contribution in [0.15, 0.2) is 30.5 Å². The van der Waals surface area contributed by atoms with Gasteiger partial charge in [-0.2, -0.15) is 5.26 Å². The number of amides is 1. The zero-order valence-corrected chi connectivity index (χ0v) is 11.1. The number of carbonyl (C=O) groups excluding carboxylic acids is 1. The number of hydrogen-bond acceptors (Lipinski definition) is 4. The first kappa shape index (κ1) is 12.4. The van der Waals surface area contributed by atoms with Crippen molar-refractivity contribution in [3.8, 4) is 6.07 Å². The van der Waals surface area contributed by atoms with Gasteiger partial charge in [-0.15, -0.1) is 0 Å². The second-order valence-electron chi connectivity index (χ2n) is 4.81. The molecule has 0 radical (unpaired) electrons. The second-order valence-corrected chi connectivity index (χ2v) is 4.81. The maximum absolute atomic E-state index is 11.9. The predicted octanol–water partition coefficient (Wildman–Crippen LogP) is 1.43. The SMILES string of the molecule is CC1C(=O)NCCN1c1c(C#N)cnc2ccccc12. The average molecular weight is 266 g/mol. The molecule has 1 N–H and O–H groups in total. The molecule has 1 fully saturated rings. The summed E-state index contributed by atoms with van der Waals surface area (Å²) in [5.74, 6) is -0.0129. The van der Waals surface area contributed by atoms with Crippen molar-refractivity contribution in [1.82, 2.24) is 10.3 Å². The Hall–Kier alpha value is -2.61. The first-order chi connectivity index (χ1) is 9.72. The van der Waals surface area contributed by atoms with Crippen LogP contribution in [0.2, 0.25) is 0 Å². The Morgan fingerprint density at radius 2 is 2.25 bits per heavy atom. The normalized spacial score (nSPS) is 18.7. The van der Waals surface area contributed by atoms with E-state index in [1.807, 2.05) is 36.1 Å². The number of anilines is 1. The van der Waals surface area contributed by atoms with Crippen molar-refractivity contribution in [1.29, 1.82) is 5.26 Å². The minimum absolute atomic E-state index is 0.0129. The summed E-state index contributed by atoms with van der Waals surface area (Å²) in [5.41, 5.74) is 2.14. The molecular weight excluding hydrogens is 252 g/mol. The molecule has 0 saturated carbocycles. The molecule has 1 aromatic heterocycles. The highest BCUT2D eigenvalue weighted by Gasteiger charge is 2.28. The quantitative estimate of drug-likeness (QED) is 0.847. The number of pyridine rings is 1. The highest BCUT2D eigenvalue weighted by molar-refractivity contribution is 5.97. The smallest absolute Gasteiger partial charge is 0.242 e. The predicted molar refractivity (Wildman–Crippen MR) is 76.3 cm³/mol. The molecular formula is C15H14N4O. The van der Waals surface area contributed by atoms with E-state index in [4.69, 9.17) is 0 Å². The Kier molecular flexibility index (Phi) is 2.99. The molecule has 20 heavy (non-hydrogen) atoms. The molecule has 0 bridgehead atoms. The molecule has 1 unspecified atom stereocenters. The third-order valence-corrected chi connectivity index (χ3v) is 3.65. The number of fused-ring (bicyclic) bond motifs is 1. The third-order valence-electron chi connectivity index (χ3n) is 3.65. The van der Waals surface area contributed by atoms with Crippen LogP contribution >= 0.6 is 0 Å². The van der Waals surface area contributed by atoms with Crippen molar-refractivity contribution in [2.75, 3.05) is 18.0 Å². The minimum atomic E-state index is -0.290. The molecule has 5 heteroatoms. The van der Waals surface area contributed by atoms with Gasteiger partial charge in [-0.3, -0.25) is 9.78 Å². The largest absolute Gasteiger partial charge is 0.356 e. The Balaban J connectivity index is 2.23. The fourth-order valence-corrected chi connectivity index (χ4v) is 2.61. The number of para-hydroxylation sites is 1. The number of hydrogen-bond donors (Lipinski definition) is 1. The number of benzene rings is 1. The van der Waals surface area contributed by atoms with Crippen molar-refractivity contribution in [2.45, 2.75) is 13.0 Å². The number of carbonyl (C=O) groups is 1. The van der Waals surface area contributed by atoms with E-state index in [-0.39, 0.29) is 11.9 Å². The van der Waals surface area contributed by atoms with E-state index in [2.05, 4.69) is 16.4 Å². The van der Waals surface area contributed by atoms with Crippen LogP contribution in [0, 0.1) is 11.3 Å². The second kappa shape index (κ2) is 4.82. The summed E-state index contributed by atoms with van der Waals surface area (Å²) in [6.45, 7) is 3.13. The Labute approximate surface area is 116 Å². The van der Waals surface area contributed by atoms with E-state index in [9.17, 15) is 10.1 Å². The van der Waals surface area contributed by atoms with Crippen molar-refractivity contribution < 1.29 is 4.79 Å². The molecule has 1 amide bonds. The number of rotatable bonds is 1. The Morgan fingerprint density at radius 1 is 1.45 bits per heavy atom. The lowest BCUT2D eigenvalue weighted by Gasteiger charge is -2.35. The van der Waals surface area contributed by atoms with Gasteiger partial charge in [0.05, 0.1) is 16.8 Å². The summed E-state index contributed by atoms with van der Waals surface area (Å²) in [7, 11) is 0. The fraction of sp³-hybridized carbons (Fsp3) is 0.267. The van der Waals surface area contributed by atoms with E-state index in [1.165, 1.54) is 0 Å². The molecule has 5 nitrogen and oxygen atoms in total. The molecule has 2 heterocycles. The van der Waals surface area contributed by atoms with Gasteiger partial charge in [0.15, 0.2) is 0 Å². The van der Waals surface area contributed by atoms with Gasteiger partial charge in [-0.05, 0) is 13.0 Å². The van der Waals surface area contributed by atoms with Gasteiger partial charge in [-0.25, -0.2) is 0 Å². The minimum Gasteiger partial charge on any atom is -0.356 e. The van der Waals surface area contributed by atoms with E-state index < -0.39 is 0 Å². The average Bonchev–Trinajstić information content (AvgIpc) is 2.49. The Bertz CT molecular complexity index is 719. The van der Waals surface area contributed by atoms with Gasteiger partial charge < -0.3 is 10.2 Å². The van der Waals surface area contributed by atoms with E-state index in [1.54, 1.807) is 6.20 Å². The molecule has 2 aromatic rings. The molecule has 1 aliphatic heterocycles. The van der Waals surface area contributed by atoms with E-state index >= 15 is 0 Å². The summed E-state index contributed by atoms with van der Waals surface area (Å²) in [5, 5.41) is 13.1. The third kappa shape index (κ3) is 1.86. The molecule has 1 aliphatic rings. The first-order valence-electron chi connectivity index (χ1n) is 6.54. The molecule has 3 rings (SSSR count). The zero-order valence-electron chi connectivity index (χ0n) is 11.1. The first-order valence-corrected chi connectivity index (χ1v) is 6.54. The summed E-state index contributed by atoms with van der Waals surface area (Å²) in [6, 6.07) is 9.58. The van der Waals surface area contributed by atoms with Crippen LogP contribution < -0.4 is 10.2 Å². The summed E-state index contributed by atoms with van der Waals surface area (Å²) in [4.78, 5) is 18.2. The summed E-state index contributed by atoms with van der Waals surface area (Å²) < 4.78 is 0. The monoisotopic (exact) mass is 266 g/mol.